The molecule has 0 bridgehead atoms. The summed E-state index contributed by atoms with van der Waals surface area (Å²) in [6, 6.07) is 3.97. The van der Waals surface area contributed by atoms with Crippen molar-refractivity contribution in [2.75, 3.05) is 0 Å². The lowest BCUT2D eigenvalue weighted by Gasteiger charge is -1.92. The molecule has 5 heteroatoms. The fraction of sp³-hybridized carbons (Fsp3) is 0. The van der Waals surface area contributed by atoms with Crippen LogP contribution < -0.4 is 0 Å². The number of pyridine rings is 1. The Balaban J connectivity index is 2.27. The van der Waals surface area contributed by atoms with Crippen LogP contribution in [0.5, 0.6) is 0 Å². The molecule has 3 aromatic heterocycles. The molecule has 3 heterocycles. The van der Waals surface area contributed by atoms with Crippen molar-refractivity contribution in [3.63, 3.8) is 0 Å². The van der Waals surface area contributed by atoms with Gasteiger partial charge in [0, 0.05) is 18.6 Å². The Morgan fingerprint density at radius 1 is 1.40 bits per heavy atom. The average molecular weight is 280 g/mol. The smallest absolute Gasteiger partial charge is 0.151 e. The zero-order chi connectivity index (χ0) is 10.3. The maximum atomic E-state index is 4.54. The summed E-state index contributed by atoms with van der Waals surface area (Å²) in [5.41, 5.74) is 3.71. The SMILES string of the molecule is Brc1cccn2cc(-c3cncs3)nc12. The summed E-state index contributed by atoms with van der Waals surface area (Å²) in [5.74, 6) is 0. The van der Waals surface area contributed by atoms with E-state index in [0.29, 0.717) is 0 Å². The lowest BCUT2D eigenvalue weighted by Crippen LogP contribution is -1.80. The monoisotopic (exact) mass is 279 g/mol. The summed E-state index contributed by atoms with van der Waals surface area (Å²) in [6.45, 7) is 0. The molecular weight excluding hydrogens is 274 g/mol. The number of hydrogen-bond acceptors (Lipinski definition) is 3. The zero-order valence-electron chi connectivity index (χ0n) is 7.59. The molecule has 0 unspecified atom stereocenters. The van der Waals surface area contributed by atoms with Crippen LogP contribution in [0.4, 0.5) is 0 Å². The Kier molecular flexibility index (Phi) is 2.07. The largest absolute Gasteiger partial charge is 0.305 e. The van der Waals surface area contributed by atoms with Crippen molar-refractivity contribution in [1.82, 2.24) is 14.4 Å². The molecule has 0 aliphatic rings. The predicted molar refractivity (Wildman–Crippen MR) is 64.0 cm³/mol. The Morgan fingerprint density at radius 2 is 2.33 bits per heavy atom. The third-order valence-electron chi connectivity index (χ3n) is 2.12. The molecule has 0 spiro atoms. The third-order valence-corrected chi connectivity index (χ3v) is 3.53. The van der Waals surface area contributed by atoms with E-state index in [1.54, 1.807) is 11.3 Å². The first-order valence-electron chi connectivity index (χ1n) is 4.37. The highest BCUT2D eigenvalue weighted by molar-refractivity contribution is 9.10. The van der Waals surface area contributed by atoms with E-state index in [1.807, 2.05) is 40.6 Å². The van der Waals surface area contributed by atoms with Crippen LogP contribution >= 0.6 is 27.3 Å². The molecule has 0 saturated heterocycles. The van der Waals surface area contributed by atoms with Gasteiger partial charge in [-0.25, -0.2) is 4.98 Å². The topological polar surface area (TPSA) is 30.2 Å². The van der Waals surface area contributed by atoms with Gasteiger partial charge in [-0.1, -0.05) is 0 Å². The number of hydrogen-bond donors (Lipinski definition) is 0. The van der Waals surface area contributed by atoms with E-state index < -0.39 is 0 Å². The standard InChI is InChI=1S/C10H6BrN3S/c11-7-2-1-3-14-5-8(13-10(7)14)9-4-12-6-15-9/h1-6H. The van der Waals surface area contributed by atoms with E-state index in [2.05, 4.69) is 25.9 Å². The van der Waals surface area contributed by atoms with Crippen LogP contribution in [0.2, 0.25) is 0 Å². The van der Waals surface area contributed by atoms with Crippen LogP contribution in [-0.2, 0) is 0 Å². The number of nitrogens with zero attached hydrogens (tertiary/aromatic N) is 3. The summed E-state index contributed by atoms with van der Waals surface area (Å²) in [6.07, 6.45) is 5.82. The highest BCUT2D eigenvalue weighted by Gasteiger charge is 2.07. The molecule has 74 valence electrons. The minimum absolute atomic E-state index is 0.931. The van der Waals surface area contributed by atoms with Crippen LogP contribution in [0.1, 0.15) is 0 Å². The number of fused-ring (bicyclic) bond motifs is 1. The average Bonchev–Trinajstić information content (AvgIpc) is 2.86. The van der Waals surface area contributed by atoms with Crippen LogP contribution in [0, 0.1) is 0 Å². The number of halogens is 1. The molecule has 0 aromatic carbocycles. The Hall–Kier alpha value is -1.20. The van der Waals surface area contributed by atoms with Crippen LogP contribution in [0.3, 0.4) is 0 Å². The molecule has 0 aliphatic heterocycles. The van der Waals surface area contributed by atoms with Gasteiger partial charge in [-0.3, -0.25) is 4.98 Å². The van der Waals surface area contributed by atoms with Gasteiger partial charge in [0.05, 0.1) is 14.9 Å². The van der Waals surface area contributed by atoms with Gasteiger partial charge < -0.3 is 4.40 Å². The molecule has 0 radical (unpaired) electrons. The number of imidazole rings is 1. The van der Waals surface area contributed by atoms with Crippen LogP contribution in [0.25, 0.3) is 16.2 Å². The van der Waals surface area contributed by atoms with Crippen molar-refractivity contribution in [2.45, 2.75) is 0 Å². The first-order valence-corrected chi connectivity index (χ1v) is 6.04. The summed E-state index contributed by atoms with van der Waals surface area (Å²) < 4.78 is 3.00. The lowest BCUT2D eigenvalue weighted by molar-refractivity contribution is 1.18. The maximum absolute atomic E-state index is 4.54. The molecule has 0 saturated carbocycles. The molecule has 3 rings (SSSR count). The van der Waals surface area contributed by atoms with Crippen molar-refractivity contribution in [3.05, 3.63) is 40.7 Å². The molecule has 15 heavy (non-hydrogen) atoms. The van der Waals surface area contributed by atoms with Gasteiger partial charge in [0.15, 0.2) is 5.65 Å². The maximum Gasteiger partial charge on any atom is 0.151 e. The van der Waals surface area contributed by atoms with Crippen molar-refractivity contribution < 1.29 is 0 Å². The Morgan fingerprint density at radius 3 is 3.07 bits per heavy atom. The fourth-order valence-electron chi connectivity index (χ4n) is 1.44. The van der Waals surface area contributed by atoms with Crippen molar-refractivity contribution in [3.8, 4) is 10.6 Å². The third kappa shape index (κ3) is 1.48. The molecule has 0 amide bonds. The molecule has 3 nitrogen and oxygen atoms in total. The first-order chi connectivity index (χ1) is 7.34. The quantitative estimate of drug-likeness (QED) is 0.685. The summed E-state index contributed by atoms with van der Waals surface area (Å²) in [7, 11) is 0. The van der Waals surface area contributed by atoms with Gasteiger partial charge in [-0.2, -0.15) is 0 Å². The second-order valence-electron chi connectivity index (χ2n) is 3.08. The molecule has 0 fully saturated rings. The van der Waals surface area contributed by atoms with Gasteiger partial charge in [0.2, 0.25) is 0 Å². The van der Waals surface area contributed by atoms with Crippen molar-refractivity contribution in [2.24, 2.45) is 0 Å². The predicted octanol–water partition coefficient (Wildman–Crippen LogP) is 3.22. The lowest BCUT2D eigenvalue weighted by atomic mass is 10.4. The molecule has 3 aromatic rings. The second-order valence-corrected chi connectivity index (χ2v) is 4.82. The van der Waals surface area contributed by atoms with Crippen molar-refractivity contribution in [1.29, 1.82) is 0 Å². The van der Waals surface area contributed by atoms with Crippen LogP contribution in [0.15, 0.2) is 40.7 Å². The minimum atomic E-state index is 0.931. The van der Waals surface area contributed by atoms with Gasteiger partial charge in [-0.15, -0.1) is 11.3 Å². The van der Waals surface area contributed by atoms with Crippen molar-refractivity contribution >= 4 is 32.9 Å². The highest BCUT2D eigenvalue weighted by atomic mass is 79.9. The highest BCUT2D eigenvalue weighted by Crippen LogP contribution is 2.25. The minimum Gasteiger partial charge on any atom is -0.305 e. The van der Waals surface area contributed by atoms with E-state index in [4.69, 9.17) is 0 Å². The molecular formula is C10H6BrN3S. The molecule has 0 atom stereocenters. The summed E-state index contributed by atoms with van der Waals surface area (Å²) in [5, 5.41) is 0. The van der Waals surface area contributed by atoms with E-state index in [-0.39, 0.29) is 0 Å². The summed E-state index contributed by atoms with van der Waals surface area (Å²) in [4.78, 5) is 9.68. The second kappa shape index (κ2) is 3.43. The number of thiazole rings is 1. The van der Waals surface area contributed by atoms with E-state index >= 15 is 0 Å². The van der Waals surface area contributed by atoms with E-state index in [0.717, 1.165) is 20.7 Å². The number of rotatable bonds is 1. The Labute approximate surface area is 98.6 Å². The first kappa shape index (κ1) is 9.06. The summed E-state index contributed by atoms with van der Waals surface area (Å²) >= 11 is 5.07. The normalized spacial score (nSPS) is 11.0. The van der Waals surface area contributed by atoms with Gasteiger partial charge in [0.25, 0.3) is 0 Å². The van der Waals surface area contributed by atoms with E-state index in [9.17, 15) is 0 Å². The number of aromatic nitrogens is 3. The fourth-order valence-corrected chi connectivity index (χ4v) is 2.46. The molecule has 0 N–H and O–H groups in total. The van der Waals surface area contributed by atoms with Gasteiger partial charge in [0.1, 0.15) is 5.69 Å². The zero-order valence-corrected chi connectivity index (χ0v) is 9.99. The molecule has 0 aliphatic carbocycles. The van der Waals surface area contributed by atoms with Gasteiger partial charge >= 0.3 is 0 Å². The van der Waals surface area contributed by atoms with E-state index in [1.165, 1.54) is 0 Å². The Bertz CT molecular complexity index is 600. The van der Waals surface area contributed by atoms with Crippen LogP contribution in [-0.4, -0.2) is 14.4 Å². The van der Waals surface area contributed by atoms with Gasteiger partial charge in [-0.05, 0) is 28.1 Å².